The van der Waals surface area contributed by atoms with Gasteiger partial charge in [0.15, 0.2) is 6.29 Å². The first-order chi connectivity index (χ1) is 41.8. The largest absolute Gasteiger partial charge is 0.394 e. The molecule has 1 aliphatic heterocycles. The van der Waals surface area contributed by atoms with Crippen molar-refractivity contribution in [2.45, 2.75) is 455 Å². The lowest BCUT2D eigenvalue weighted by atomic mass is 9.99. The molecule has 0 aromatic heterocycles. The molecule has 9 heteroatoms. The Labute approximate surface area is 528 Å². The summed E-state index contributed by atoms with van der Waals surface area (Å²) in [6.45, 7) is 3.86. The summed E-state index contributed by atoms with van der Waals surface area (Å²) in [5.74, 6) is -0.166. The van der Waals surface area contributed by atoms with Crippen LogP contribution in [0, 0.1) is 0 Å². The molecule has 0 spiro atoms. The number of allylic oxidation sites excluding steroid dienone is 1. The second kappa shape index (κ2) is 65.9. The van der Waals surface area contributed by atoms with E-state index < -0.39 is 49.5 Å². The van der Waals surface area contributed by atoms with E-state index in [1.54, 1.807) is 6.08 Å². The summed E-state index contributed by atoms with van der Waals surface area (Å²) in [7, 11) is 0. The van der Waals surface area contributed by atoms with Crippen molar-refractivity contribution in [3.63, 3.8) is 0 Å². The van der Waals surface area contributed by atoms with Crippen molar-refractivity contribution >= 4 is 5.91 Å². The number of hydrogen-bond donors (Lipinski definition) is 6. The van der Waals surface area contributed by atoms with Gasteiger partial charge >= 0.3 is 0 Å². The summed E-state index contributed by atoms with van der Waals surface area (Å²) in [6, 6.07) is -0.803. The van der Waals surface area contributed by atoms with Crippen LogP contribution in [0.15, 0.2) is 12.2 Å². The molecule has 1 heterocycles. The summed E-state index contributed by atoms with van der Waals surface area (Å²) in [4.78, 5) is 13.2. The molecule has 85 heavy (non-hydrogen) atoms. The third kappa shape index (κ3) is 54.4. The Bertz CT molecular complexity index is 1350. The van der Waals surface area contributed by atoms with E-state index in [4.69, 9.17) is 9.47 Å². The highest BCUT2D eigenvalue weighted by Gasteiger charge is 2.44. The van der Waals surface area contributed by atoms with E-state index in [0.717, 1.165) is 38.5 Å². The van der Waals surface area contributed by atoms with Gasteiger partial charge in [-0.3, -0.25) is 4.79 Å². The van der Waals surface area contributed by atoms with Gasteiger partial charge in [-0.2, -0.15) is 0 Å². The van der Waals surface area contributed by atoms with Crippen LogP contribution in [0.5, 0.6) is 0 Å². The van der Waals surface area contributed by atoms with Gasteiger partial charge in [0.2, 0.25) is 5.91 Å². The maximum atomic E-state index is 13.2. The second-order valence-corrected chi connectivity index (χ2v) is 27.2. The van der Waals surface area contributed by atoms with Crippen molar-refractivity contribution < 1.29 is 39.8 Å². The number of aliphatic hydroxyl groups excluding tert-OH is 5. The van der Waals surface area contributed by atoms with Crippen molar-refractivity contribution in [3.8, 4) is 0 Å². The van der Waals surface area contributed by atoms with Crippen LogP contribution in [0.3, 0.4) is 0 Å². The molecule has 7 atom stereocenters. The van der Waals surface area contributed by atoms with Crippen LogP contribution in [0.2, 0.25) is 0 Å². The standard InChI is InChI=1S/C76H149NO8/c1-3-5-7-9-11-13-15-17-19-21-23-25-27-29-31-33-35-36-37-39-41-43-45-47-49-51-53-55-57-59-61-63-65-70(79)69(68-84-76-75(83)74(82)73(81)71(67-78)85-76)77-72(80)66-64-62-60-58-56-54-52-50-48-46-44-42-40-38-34-32-30-28-26-24-22-20-18-16-14-12-10-8-6-4-2/h63,65,69-71,73-76,78-79,81-83H,3-62,64,66-68H2,1-2H3,(H,77,80)/b65-63+. The van der Waals surface area contributed by atoms with Gasteiger partial charge in [0.25, 0.3) is 0 Å². The first kappa shape index (κ1) is 81.9. The fourth-order valence-electron chi connectivity index (χ4n) is 12.9. The molecule has 6 N–H and O–H groups in total. The number of nitrogens with one attached hydrogen (secondary N) is 1. The van der Waals surface area contributed by atoms with E-state index in [-0.39, 0.29) is 12.5 Å². The highest BCUT2D eigenvalue weighted by Crippen LogP contribution is 2.24. The normalized spacial score (nSPS) is 18.0. The summed E-state index contributed by atoms with van der Waals surface area (Å²) < 4.78 is 11.3. The van der Waals surface area contributed by atoms with E-state index >= 15 is 0 Å². The highest BCUT2D eigenvalue weighted by atomic mass is 16.7. The first-order valence-corrected chi connectivity index (χ1v) is 38.4. The van der Waals surface area contributed by atoms with Crippen molar-refractivity contribution in [1.82, 2.24) is 5.32 Å². The van der Waals surface area contributed by atoms with Crippen LogP contribution in [-0.2, 0) is 14.3 Å². The Hall–Kier alpha value is -1.07. The smallest absolute Gasteiger partial charge is 0.220 e. The van der Waals surface area contributed by atoms with Crippen LogP contribution in [0.4, 0.5) is 0 Å². The predicted molar refractivity (Wildman–Crippen MR) is 364 cm³/mol. The van der Waals surface area contributed by atoms with Crippen molar-refractivity contribution in [2.24, 2.45) is 0 Å². The fraction of sp³-hybridized carbons (Fsp3) is 0.961. The lowest BCUT2D eigenvalue weighted by molar-refractivity contribution is -0.302. The summed E-state index contributed by atoms with van der Waals surface area (Å²) >= 11 is 0. The molecule has 1 amide bonds. The maximum absolute atomic E-state index is 13.2. The molecular formula is C76H149NO8. The Morgan fingerprint density at radius 3 is 0.918 bits per heavy atom. The van der Waals surface area contributed by atoms with Crippen LogP contribution in [0.1, 0.15) is 412 Å². The lowest BCUT2D eigenvalue weighted by Gasteiger charge is -2.40. The number of rotatable bonds is 69. The summed E-state index contributed by atoms with van der Waals surface area (Å²) in [6.07, 6.45) is 79.2. The Morgan fingerprint density at radius 2 is 0.647 bits per heavy atom. The van der Waals surface area contributed by atoms with Gasteiger partial charge in [0.05, 0.1) is 25.4 Å². The van der Waals surface area contributed by atoms with Crippen LogP contribution in [0.25, 0.3) is 0 Å². The van der Waals surface area contributed by atoms with Crippen molar-refractivity contribution in [1.29, 1.82) is 0 Å². The number of amides is 1. The topological polar surface area (TPSA) is 149 Å². The number of carbonyl (C=O) groups is 1. The summed E-state index contributed by atoms with van der Waals surface area (Å²) in [5, 5.41) is 54.9. The van der Waals surface area contributed by atoms with Gasteiger partial charge in [-0.05, 0) is 19.3 Å². The SMILES string of the molecule is CCCCCCCCCCCCCCCCCCCCCCCCCCCCCCCC/C=C/C(O)C(COC1OC(CO)C(O)C(O)C1O)NC(=O)CCCCCCCCCCCCCCCCCCCCCCCCCCCCCCCC. The molecule has 0 radical (unpaired) electrons. The molecule has 0 aromatic carbocycles. The average molecular weight is 1210 g/mol. The zero-order valence-electron chi connectivity index (χ0n) is 56.9. The van der Waals surface area contributed by atoms with Gasteiger partial charge in [-0.15, -0.1) is 0 Å². The molecule has 506 valence electrons. The van der Waals surface area contributed by atoms with Gasteiger partial charge in [0.1, 0.15) is 24.4 Å². The molecular weight excluding hydrogens is 1050 g/mol. The zero-order chi connectivity index (χ0) is 61.4. The lowest BCUT2D eigenvalue weighted by Crippen LogP contribution is -2.60. The number of ether oxygens (including phenoxy) is 2. The van der Waals surface area contributed by atoms with E-state index in [9.17, 15) is 30.3 Å². The molecule has 1 fully saturated rings. The van der Waals surface area contributed by atoms with E-state index in [0.29, 0.717) is 6.42 Å². The minimum absolute atomic E-state index is 0.166. The number of aliphatic hydroxyl groups is 5. The van der Waals surface area contributed by atoms with Crippen LogP contribution >= 0.6 is 0 Å². The van der Waals surface area contributed by atoms with Crippen molar-refractivity contribution in [2.75, 3.05) is 13.2 Å². The van der Waals surface area contributed by atoms with E-state index in [1.165, 1.54) is 353 Å². The number of carbonyl (C=O) groups excluding carboxylic acids is 1. The van der Waals surface area contributed by atoms with Crippen molar-refractivity contribution in [3.05, 3.63) is 12.2 Å². The second-order valence-electron chi connectivity index (χ2n) is 27.2. The average Bonchev–Trinajstić information content (AvgIpc) is 3.70. The monoisotopic (exact) mass is 1200 g/mol. The number of hydrogen-bond acceptors (Lipinski definition) is 8. The molecule has 9 nitrogen and oxygen atoms in total. The zero-order valence-corrected chi connectivity index (χ0v) is 56.9. The van der Waals surface area contributed by atoms with Gasteiger partial charge < -0.3 is 40.3 Å². The molecule has 0 bridgehead atoms. The maximum Gasteiger partial charge on any atom is 0.220 e. The molecule has 0 aliphatic carbocycles. The Morgan fingerprint density at radius 1 is 0.388 bits per heavy atom. The number of unbranched alkanes of at least 4 members (excludes halogenated alkanes) is 59. The van der Waals surface area contributed by atoms with Crippen LogP contribution < -0.4 is 5.32 Å². The third-order valence-corrected chi connectivity index (χ3v) is 18.9. The van der Waals surface area contributed by atoms with Gasteiger partial charge in [-0.1, -0.05) is 398 Å². The minimum Gasteiger partial charge on any atom is -0.394 e. The minimum atomic E-state index is -1.57. The van der Waals surface area contributed by atoms with Gasteiger partial charge in [0, 0.05) is 6.42 Å². The van der Waals surface area contributed by atoms with Gasteiger partial charge in [-0.25, -0.2) is 0 Å². The Kier molecular flexibility index (Phi) is 63.5. The van der Waals surface area contributed by atoms with E-state index in [2.05, 4.69) is 19.2 Å². The summed E-state index contributed by atoms with van der Waals surface area (Å²) in [5.41, 5.74) is 0. The first-order valence-electron chi connectivity index (χ1n) is 38.4. The molecule has 0 saturated carbocycles. The quantitative estimate of drug-likeness (QED) is 0.0261. The molecule has 1 saturated heterocycles. The molecule has 7 unspecified atom stereocenters. The predicted octanol–water partition coefficient (Wildman–Crippen LogP) is 21.4. The molecule has 1 rings (SSSR count). The molecule has 1 aliphatic rings. The fourth-order valence-corrected chi connectivity index (χ4v) is 12.9. The van der Waals surface area contributed by atoms with Crippen LogP contribution in [-0.4, -0.2) is 87.5 Å². The Balaban J connectivity index is 2.08. The highest BCUT2D eigenvalue weighted by molar-refractivity contribution is 5.76. The van der Waals surface area contributed by atoms with E-state index in [1.807, 2.05) is 6.08 Å². The molecule has 0 aromatic rings. The third-order valence-electron chi connectivity index (χ3n) is 18.9.